The van der Waals surface area contributed by atoms with E-state index < -0.39 is 0 Å². The van der Waals surface area contributed by atoms with Gasteiger partial charge in [-0.15, -0.1) is 11.6 Å². The SMILES string of the molecule is CCCc1ccc(-c2ccc(C(=O)CCCCCl)cc2)cc1. The van der Waals surface area contributed by atoms with Crippen molar-refractivity contribution in [1.82, 2.24) is 0 Å². The molecule has 0 radical (unpaired) electrons. The summed E-state index contributed by atoms with van der Waals surface area (Å²) < 4.78 is 0. The third-order valence-corrected chi connectivity index (χ3v) is 4.09. The molecular formula is C20H23ClO. The van der Waals surface area contributed by atoms with Crippen LogP contribution in [0.5, 0.6) is 0 Å². The van der Waals surface area contributed by atoms with Crippen LogP contribution in [0.25, 0.3) is 11.1 Å². The summed E-state index contributed by atoms with van der Waals surface area (Å²) in [6.45, 7) is 2.19. The van der Waals surface area contributed by atoms with Gasteiger partial charge in [0.05, 0.1) is 0 Å². The molecule has 2 aromatic rings. The first-order valence-electron chi connectivity index (χ1n) is 8.03. The van der Waals surface area contributed by atoms with Gasteiger partial charge < -0.3 is 0 Å². The molecule has 116 valence electrons. The Morgan fingerprint density at radius 1 is 0.909 bits per heavy atom. The highest BCUT2D eigenvalue weighted by Crippen LogP contribution is 2.21. The molecule has 0 saturated carbocycles. The highest BCUT2D eigenvalue weighted by atomic mass is 35.5. The molecule has 0 spiro atoms. The third kappa shape index (κ3) is 4.71. The predicted octanol–water partition coefficient (Wildman–Crippen LogP) is 5.90. The molecule has 0 amide bonds. The number of unbranched alkanes of at least 4 members (excludes halogenated alkanes) is 1. The van der Waals surface area contributed by atoms with Crippen LogP contribution in [-0.4, -0.2) is 11.7 Å². The van der Waals surface area contributed by atoms with Crippen molar-refractivity contribution in [3.63, 3.8) is 0 Å². The fourth-order valence-corrected chi connectivity index (χ4v) is 2.71. The first-order valence-corrected chi connectivity index (χ1v) is 8.56. The first kappa shape index (κ1) is 16.8. The van der Waals surface area contributed by atoms with Gasteiger partial charge in [0.2, 0.25) is 0 Å². The third-order valence-electron chi connectivity index (χ3n) is 3.82. The number of halogens is 1. The Balaban J connectivity index is 2.03. The number of carbonyl (C=O) groups is 1. The lowest BCUT2D eigenvalue weighted by Crippen LogP contribution is -1.98. The van der Waals surface area contributed by atoms with Crippen molar-refractivity contribution in [2.75, 3.05) is 5.88 Å². The van der Waals surface area contributed by atoms with Crippen LogP contribution < -0.4 is 0 Å². The highest BCUT2D eigenvalue weighted by molar-refractivity contribution is 6.17. The van der Waals surface area contributed by atoms with E-state index in [1.165, 1.54) is 17.5 Å². The van der Waals surface area contributed by atoms with Gasteiger partial charge in [-0.3, -0.25) is 4.79 Å². The Kier molecular flexibility index (Phi) is 6.67. The minimum absolute atomic E-state index is 0.204. The molecule has 22 heavy (non-hydrogen) atoms. The van der Waals surface area contributed by atoms with E-state index in [4.69, 9.17) is 11.6 Å². The van der Waals surface area contributed by atoms with Gasteiger partial charge in [-0.25, -0.2) is 0 Å². The Hall–Kier alpha value is -1.60. The second kappa shape index (κ2) is 8.75. The lowest BCUT2D eigenvalue weighted by molar-refractivity contribution is 0.0980. The minimum atomic E-state index is 0.204. The van der Waals surface area contributed by atoms with E-state index in [9.17, 15) is 4.79 Å². The summed E-state index contributed by atoms with van der Waals surface area (Å²) in [6.07, 6.45) is 4.63. The molecule has 0 heterocycles. The normalized spacial score (nSPS) is 10.6. The van der Waals surface area contributed by atoms with Gasteiger partial charge >= 0.3 is 0 Å². The summed E-state index contributed by atoms with van der Waals surface area (Å²) in [6, 6.07) is 16.6. The Bertz CT molecular complexity index is 584. The molecule has 1 nitrogen and oxygen atoms in total. The smallest absolute Gasteiger partial charge is 0.162 e. The van der Waals surface area contributed by atoms with Gasteiger partial charge in [-0.2, -0.15) is 0 Å². The standard InChI is InChI=1S/C20H23ClO/c1-2-5-16-7-9-17(10-8-16)18-11-13-19(14-12-18)20(22)6-3-4-15-21/h7-14H,2-6,15H2,1H3. The maximum atomic E-state index is 12.0. The van der Waals surface area contributed by atoms with Crippen molar-refractivity contribution >= 4 is 17.4 Å². The number of hydrogen-bond donors (Lipinski definition) is 0. The molecule has 0 aliphatic rings. The zero-order valence-electron chi connectivity index (χ0n) is 13.1. The molecule has 0 aliphatic carbocycles. The summed E-state index contributed by atoms with van der Waals surface area (Å²) in [5.41, 5.74) is 4.51. The second-order valence-corrected chi connectivity index (χ2v) is 5.97. The van der Waals surface area contributed by atoms with E-state index in [0.717, 1.165) is 30.4 Å². The first-order chi connectivity index (χ1) is 10.7. The van der Waals surface area contributed by atoms with E-state index in [1.54, 1.807) is 0 Å². The van der Waals surface area contributed by atoms with Crippen molar-refractivity contribution in [3.05, 3.63) is 59.7 Å². The van der Waals surface area contributed by atoms with Crippen LogP contribution in [0.4, 0.5) is 0 Å². The largest absolute Gasteiger partial charge is 0.294 e. The fourth-order valence-electron chi connectivity index (χ4n) is 2.53. The van der Waals surface area contributed by atoms with Crippen LogP contribution in [0.3, 0.4) is 0 Å². The zero-order chi connectivity index (χ0) is 15.8. The molecule has 2 heteroatoms. The number of rotatable bonds is 8. The maximum absolute atomic E-state index is 12.0. The fraction of sp³-hybridized carbons (Fsp3) is 0.350. The Labute approximate surface area is 138 Å². The van der Waals surface area contributed by atoms with Crippen LogP contribution in [-0.2, 0) is 6.42 Å². The summed E-state index contributed by atoms with van der Waals surface area (Å²) in [5.74, 6) is 0.829. The molecular weight excluding hydrogens is 292 g/mol. The molecule has 2 rings (SSSR count). The van der Waals surface area contributed by atoms with Crippen molar-refractivity contribution in [2.45, 2.75) is 39.0 Å². The van der Waals surface area contributed by atoms with Gasteiger partial charge in [-0.1, -0.05) is 61.9 Å². The second-order valence-electron chi connectivity index (χ2n) is 5.59. The number of ketones is 1. The number of hydrogen-bond acceptors (Lipinski definition) is 1. The molecule has 0 unspecified atom stereocenters. The monoisotopic (exact) mass is 314 g/mol. The van der Waals surface area contributed by atoms with Gasteiger partial charge in [0.1, 0.15) is 0 Å². The lowest BCUT2D eigenvalue weighted by atomic mass is 9.99. The lowest BCUT2D eigenvalue weighted by Gasteiger charge is -2.06. The average Bonchev–Trinajstić information content (AvgIpc) is 2.56. The number of benzene rings is 2. The summed E-state index contributed by atoms with van der Waals surface area (Å²) in [7, 11) is 0. The summed E-state index contributed by atoms with van der Waals surface area (Å²) in [5, 5.41) is 0. The molecule has 0 fully saturated rings. The maximum Gasteiger partial charge on any atom is 0.162 e. The number of Topliss-reactive ketones (excluding diaryl/α,β-unsaturated/α-hetero) is 1. The molecule has 0 aliphatic heterocycles. The highest BCUT2D eigenvalue weighted by Gasteiger charge is 2.06. The zero-order valence-corrected chi connectivity index (χ0v) is 13.9. The number of alkyl halides is 1. The molecule has 0 N–H and O–H groups in total. The Morgan fingerprint density at radius 2 is 1.50 bits per heavy atom. The minimum Gasteiger partial charge on any atom is -0.294 e. The van der Waals surface area contributed by atoms with Crippen molar-refractivity contribution < 1.29 is 4.79 Å². The van der Waals surface area contributed by atoms with E-state index in [-0.39, 0.29) is 5.78 Å². The van der Waals surface area contributed by atoms with E-state index in [1.807, 2.05) is 24.3 Å². The molecule has 0 atom stereocenters. The predicted molar refractivity (Wildman–Crippen MR) is 94.8 cm³/mol. The number of aryl methyl sites for hydroxylation is 1. The van der Waals surface area contributed by atoms with Crippen LogP contribution in [0.1, 0.15) is 48.5 Å². The Morgan fingerprint density at radius 3 is 2.05 bits per heavy atom. The van der Waals surface area contributed by atoms with Crippen molar-refractivity contribution in [2.24, 2.45) is 0 Å². The van der Waals surface area contributed by atoms with Crippen LogP contribution in [0.15, 0.2) is 48.5 Å². The molecule has 0 aromatic heterocycles. The quantitative estimate of drug-likeness (QED) is 0.337. The summed E-state index contributed by atoms with van der Waals surface area (Å²) >= 11 is 5.64. The number of carbonyl (C=O) groups excluding carboxylic acids is 1. The van der Waals surface area contributed by atoms with Crippen molar-refractivity contribution in [3.8, 4) is 11.1 Å². The molecule has 0 saturated heterocycles. The van der Waals surface area contributed by atoms with E-state index in [2.05, 4.69) is 31.2 Å². The topological polar surface area (TPSA) is 17.1 Å². The van der Waals surface area contributed by atoms with E-state index >= 15 is 0 Å². The van der Waals surface area contributed by atoms with Crippen molar-refractivity contribution in [1.29, 1.82) is 0 Å². The van der Waals surface area contributed by atoms with Crippen LogP contribution >= 0.6 is 11.6 Å². The van der Waals surface area contributed by atoms with Crippen LogP contribution in [0.2, 0.25) is 0 Å². The van der Waals surface area contributed by atoms with Gasteiger partial charge in [0.25, 0.3) is 0 Å². The molecule has 2 aromatic carbocycles. The summed E-state index contributed by atoms with van der Waals surface area (Å²) in [4.78, 5) is 12.0. The van der Waals surface area contributed by atoms with Gasteiger partial charge in [-0.05, 0) is 36.0 Å². The van der Waals surface area contributed by atoms with Crippen LogP contribution in [0, 0.1) is 0 Å². The van der Waals surface area contributed by atoms with Gasteiger partial charge in [0.15, 0.2) is 5.78 Å². The van der Waals surface area contributed by atoms with E-state index in [0.29, 0.717) is 12.3 Å². The molecule has 0 bridgehead atoms. The van der Waals surface area contributed by atoms with Gasteiger partial charge in [0, 0.05) is 17.9 Å². The average molecular weight is 315 g/mol.